The Bertz CT molecular complexity index is 1070. The fraction of sp³-hybridized carbons (Fsp3) is 0.273. The molecule has 5 heteroatoms. The number of fused-ring (bicyclic) bond motifs is 3. The van der Waals surface area contributed by atoms with E-state index in [4.69, 9.17) is 9.15 Å². The molecule has 1 aromatic heterocycles. The first-order valence-corrected chi connectivity index (χ1v) is 9.29. The molecule has 2 aliphatic heterocycles. The summed E-state index contributed by atoms with van der Waals surface area (Å²) in [6.07, 6.45) is 1.58. The number of benzene rings is 2. The second-order valence-electron chi connectivity index (χ2n) is 7.09. The first-order chi connectivity index (χ1) is 13.2. The van der Waals surface area contributed by atoms with Gasteiger partial charge < -0.3 is 14.1 Å². The van der Waals surface area contributed by atoms with E-state index < -0.39 is 0 Å². The summed E-state index contributed by atoms with van der Waals surface area (Å²) in [5.41, 5.74) is 1.70. The van der Waals surface area contributed by atoms with E-state index in [1.165, 1.54) is 0 Å². The summed E-state index contributed by atoms with van der Waals surface area (Å²) in [5, 5.41) is 0.768. The number of rotatable bonds is 2. The Morgan fingerprint density at radius 1 is 0.963 bits per heavy atom. The first-order valence-electron chi connectivity index (χ1n) is 9.29. The van der Waals surface area contributed by atoms with Crippen LogP contribution in [0.5, 0.6) is 5.75 Å². The van der Waals surface area contributed by atoms with E-state index in [9.17, 15) is 9.59 Å². The van der Waals surface area contributed by atoms with E-state index in [1.54, 1.807) is 6.07 Å². The molecule has 1 fully saturated rings. The number of carbonyl (C=O) groups is 1. The molecule has 2 aliphatic rings. The van der Waals surface area contributed by atoms with Gasteiger partial charge in [0.25, 0.3) is 0 Å². The molecule has 1 amide bonds. The highest BCUT2D eigenvalue weighted by molar-refractivity contribution is 5.85. The van der Waals surface area contributed by atoms with Gasteiger partial charge in [0, 0.05) is 25.3 Å². The molecule has 0 saturated carbocycles. The number of hydrogen-bond donors (Lipinski definition) is 0. The number of likely N-dealkylation sites (tertiary alicyclic amines) is 1. The Kier molecular flexibility index (Phi) is 3.74. The molecule has 0 aliphatic carbocycles. The standard InChI is InChI=1S/C22H19NO4/c24-18-11-6-12-23(18)19-13-16(14-7-2-1-3-8-14)20-21(27-19)15-9-4-5-10-17(15)26-22(20)25/h1-5,7-10,16,19H,6,11-13H2/t16-,19-/m0/s1. The maximum absolute atomic E-state index is 12.8. The highest BCUT2D eigenvalue weighted by atomic mass is 16.5. The van der Waals surface area contributed by atoms with Crippen LogP contribution in [0.25, 0.3) is 11.0 Å². The zero-order valence-corrected chi connectivity index (χ0v) is 14.8. The van der Waals surface area contributed by atoms with E-state index in [0.717, 1.165) is 17.4 Å². The predicted molar refractivity (Wildman–Crippen MR) is 101 cm³/mol. The molecule has 3 heterocycles. The maximum atomic E-state index is 12.8. The van der Waals surface area contributed by atoms with Crippen LogP contribution in [0.1, 0.15) is 36.3 Å². The molecular formula is C22H19NO4. The summed E-state index contributed by atoms with van der Waals surface area (Å²) in [4.78, 5) is 27.0. The van der Waals surface area contributed by atoms with Crippen LogP contribution in [0.3, 0.4) is 0 Å². The number of amides is 1. The van der Waals surface area contributed by atoms with Crippen molar-refractivity contribution in [3.05, 3.63) is 76.1 Å². The molecule has 3 aromatic rings. The number of nitrogens with zero attached hydrogens (tertiary/aromatic N) is 1. The Morgan fingerprint density at radius 2 is 1.74 bits per heavy atom. The third-order valence-electron chi connectivity index (χ3n) is 5.50. The van der Waals surface area contributed by atoms with E-state index in [-0.39, 0.29) is 23.7 Å². The lowest BCUT2D eigenvalue weighted by atomic mass is 9.85. The third-order valence-corrected chi connectivity index (χ3v) is 5.50. The van der Waals surface area contributed by atoms with Gasteiger partial charge in [-0.05, 0) is 24.1 Å². The molecule has 136 valence electrons. The van der Waals surface area contributed by atoms with Gasteiger partial charge in [-0.25, -0.2) is 4.79 Å². The normalized spacial score (nSPS) is 21.9. The van der Waals surface area contributed by atoms with Crippen LogP contribution in [0.2, 0.25) is 0 Å². The lowest BCUT2D eigenvalue weighted by Gasteiger charge is -2.36. The van der Waals surface area contributed by atoms with Crippen LogP contribution in [0.4, 0.5) is 0 Å². The number of hydrogen-bond acceptors (Lipinski definition) is 4. The van der Waals surface area contributed by atoms with Gasteiger partial charge in [-0.2, -0.15) is 0 Å². The SMILES string of the molecule is O=C1CCCN1[C@@H]1C[C@@H](c2ccccc2)c2c(c3ccccc3oc2=O)O1. The van der Waals surface area contributed by atoms with Crippen LogP contribution in [0, 0.1) is 0 Å². The van der Waals surface area contributed by atoms with Gasteiger partial charge >= 0.3 is 5.63 Å². The van der Waals surface area contributed by atoms with Crippen LogP contribution >= 0.6 is 0 Å². The van der Waals surface area contributed by atoms with Gasteiger partial charge in [0.05, 0.1) is 10.9 Å². The monoisotopic (exact) mass is 361 g/mol. The fourth-order valence-electron chi connectivity index (χ4n) is 4.22. The minimum atomic E-state index is -0.372. The Morgan fingerprint density at radius 3 is 2.52 bits per heavy atom. The highest BCUT2D eigenvalue weighted by Gasteiger charge is 2.39. The molecule has 0 unspecified atom stereocenters. The average molecular weight is 361 g/mol. The van der Waals surface area contributed by atoms with Crippen LogP contribution in [-0.4, -0.2) is 23.6 Å². The van der Waals surface area contributed by atoms with Gasteiger partial charge in [0.1, 0.15) is 11.3 Å². The number of ether oxygens (including phenoxy) is 1. The summed E-state index contributed by atoms with van der Waals surface area (Å²) in [5.74, 6) is 0.489. The molecule has 0 radical (unpaired) electrons. The van der Waals surface area contributed by atoms with Gasteiger partial charge in [-0.15, -0.1) is 0 Å². The molecule has 2 aromatic carbocycles. The van der Waals surface area contributed by atoms with Gasteiger partial charge in [0.2, 0.25) is 5.91 Å². The molecule has 1 saturated heterocycles. The van der Waals surface area contributed by atoms with Crippen molar-refractivity contribution in [1.82, 2.24) is 4.90 Å². The van der Waals surface area contributed by atoms with Gasteiger partial charge in [0.15, 0.2) is 6.23 Å². The summed E-state index contributed by atoms with van der Waals surface area (Å²) in [7, 11) is 0. The molecule has 0 spiro atoms. The van der Waals surface area contributed by atoms with Crippen molar-refractivity contribution in [2.75, 3.05) is 6.54 Å². The highest BCUT2D eigenvalue weighted by Crippen LogP contribution is 2.43. The maximum Gasteiger partial charge on any atom is 0.343 e. The molecule has 5 rings (SSSR count). The summed E-state index contributed by atoms with van der Waals surface area (Å²) < 4.78 is 11.9. The third kappa shape index (κ3) is 2.62. The quantitative estimate of drug-likeness (QED) is 0.654. The van der Waals surface area contributed by atoms with E-state index >= 15 is 0 Å². The molecule has 5 nitrogen and oxygen atoms in total. The van der Waals surface area contributed by atoms with Gasteiger partial charge in [-0.1, -0.05) is 42.5 Å². The predicted octanol–water partition coefficient (Wildman–Crippen LogP) is 3.66. The Hall–Kier alpha value is -3.08. The number of para-hydroxylation sites is 1. The Balaban J connectivity index is 1.72. The zero-order valence-electron chi connectivity index (χ0n) is 14.8. The van der Waals surface area contributed by atoms with Crippen molar-refractivity contribution >= 4 is 16.9 Å². The summed E-state index contributed by atoms with van der Waals surface area (Å²) >= 11 is 0. The molecule has 27 heavy (non-hydrogen) atoms. The van der Waals surface area contributed by atoms with E-state index in [0.29, 0.717) is 36.3 Å². The first kappa shape index (κ1) is 16.1. The average Bonchev–Trinajstić information content (AvgIpc) is 3.14. The summed E-state index contributed by atoms with van der Waals surface area (Å²) in [6.45, 7) is 0.694. The molecular weight excluding hydrogens is 342 g/mol. The second kappa shape index (κ2) is 6.27. The lowest BCUT2D eigenvalue weighted by Crippen LogP contribution is -2.44. The van der Waals surface area contributed by atoms with Gasteiger partial charge in [-0.3, -0.25) is 4.79 Å². The van der Waals surface area contributed by atoms with Crippen molar-refractivity contribution < 1.29 is 13.9 Å². The van der Waals surface area contributed by atoms with Crippen molar-refractivity contribution in [3.63, 3.8) is 0 Å². The summed E-state index contributed by atoms with van der Waals surface area (Å²) in [6, 6.07) is 17.3. The van der Waals surface area contributed by atoms with Crippen molar-refractivity contribution in [2.24, 2.45) is 0 Å². The van der Waals surface area contributed by atoms with Crippen molar-refractivity contribution in [1.29, 1.82) is 0 Å². The molecule has 0 bridgehead atoms. The molecule has 0 N–H and O–H groups in total. The number of carbonyl (C=O) groups excluding carboxylic acids is 1. The fourth-order valence-corrected chi connectivity index (χ4v) is 4.22. The zero-order chi connectivity index (χ0) is 18.4. The minimum absolute atomic E-state index is 0.113. The van der Waals surface area contributed by atoms with Crippen molar-refractivity contribution in [2.45, 2.75) is 31.4 Å². The minimum Gasteiger partial charge on any atom is -0.469 e. The van der Waals surface area contributed by atoms with Crippen LogP contribution in [0.15, 0.2) is 63.8 Å². The molecule has 2 atom stereocenters. The smallest absolute Gasteiger partial charge is 0.343 e. The van der Waals surface area contributed by atoms with E-state index in [2.05, 4.69) is 0 Å². The second-order valence-corrected chi connectivity index (χ2v) is 7.09. The van der Waals surface area contributed by atoms with Crippen LogP contribution < -0.4 is 10.4 Å². The Labute approximate surface area is 156 Å². The topological polar surface area (TPSA) is 59.8 Å². The largest absolute Gasteiger partial charge is 0.469 e. The van der Waals surface area contributed by atoms with Crippen molar-refractivity contribution in [3.8, 4) is 5.75 Å². The van der Waals surface area contributed by atoms with E-state index in [1.807, 2.05) is 53.4 Å². The lowest BCUT2D eigenvalue weighted by molar-refractivity contribution is -0.135. The van der Waals surface area contributed by atoms with Crippen LogP contribution in [-0.2, 0) is 4.79 Å².